The molecule has 2 rings (SSSR count). The maximum atomic E-state index is 15.1. The highest BCUT2D eigenvalue weighted by atomic mass is 19.4. The van der Waals surface area contributed by atoms with Gasteiger partial charge in [0.1, 0.15) is 22.5 Å². The van der Waals surface area contributed by atoms with Gasteiger partial charge >= 0.3 is 41.9 Å². The maximum absolute atomic E-state index is 15.1. The number of alkyl halides is 7. The van der Waals surface area contributed by atoms with Crippen LogP contribution in [0.3, 0.4) is 0 Å². The third-order valence-corrected chi connectivity index (χ3v) is 4.93. The largest absolute Gasteiger partial charge is 0.478 e. The summed E-state index contributed by atoms with van der Waals surface area (Å²) in [4.78, 5) is 45.5. The summed E-state index contributed by atoms with van der Waals surface area (Å²) in [5.41, 5.74) is -28.6. The van der Waals surface area contributed by atoms with Crippen LogP contribution < -0.4 is 0 Å². The summed E-state index contributed by atoms with van der Waals surface area (Å²) in [5, 5.41) is 36.2. The minimum atomic E-state index is -7.52. The molecule has 0 amide bonds. The van der Waals surface area contributed by atoms with Crippen molar-refractivity contribution in [2.24, 2.45) is 0 Å². The molecule has 0 saturated heterocycles. The molecule has 0 aliphatic rings. The maximum Gasteiger partial charge on any atom is 0.436 e. The van der Waals surface area contributed by atoms with Crippen LogP contribution in [0, 0.1) is 29.1 Å². The van der Waals surface area contributed by atoms with Gasteiger partial charge in [-0.3, -0.25) is 0 Å². The number of benzene rings is 2. The third kappa shape index (κ3) is 4.34. The van der Waals surface area contributed by atoms with E-state index in [4.69, 9.17) is 15.3 Å². The van der Waals surface area contributed by atoms with Gasteiger partial charge in [0.05, 0.1) is 16.7 Å². The molecule has 0 aliphatic carbocycles. The molecule has 0 atom stereocenters. The first-order valence-corrected chi connectivity index (χ1v) is 8.98. The monoisotopic (exact) mass is 588 g/mol. The van der Waals surface area contributed by atoms with Gasteiger partial charge in [-0.25, -0.2) is 45.5 Å². The molecule has 0 saturated carbocycles. The number of halogens is 12. The van der Waals surface area contributed by atoms with E-state index in [1.54, 1.807) is 0 Å². The number of carbonyl (C=O) groups is 4. The van der Waals surface area contributed by atoms with Gasteiger partial charge in [-0.2, -0.15) is 26.3 Å². The Bertz CT molecular complexity index is 1440. The lowest BCUT2D eigenvalue weighted by Gasteiger charge is -2.33. The van der Waals surface area contributed by atoms with Crippen LogP contribution >= 0.6 is 0 Å². The molecule has 39 heavy (non-hydrogen) atoms. The average Bonchev–Trinajstić information content (AvgIpc) is 2.75. The molecule has 0 aromatic heterocycles. The Morgan fingerprint density at radius 1 is 0.436 bits per heavy atom. The van der Waals surface area contributed by atoms with Crippen molar-refractivity contribution in [3.05, 3.63) is 56.9 Å². The molecule has 0 fully saturated rings. The van der Waals surface area contributed by atoms with Crippen LogP contribution in [0.2, 0.25) is 0 Å². The van der Waals surface area contributed by atoms with Crippen molar-refractivity contribution in [3.8, 4) is 11.1 Å². The van der Waals surface area contributed by atoms with Gasteiger partial charge in [0.25, 0.3) is 0 Å². The standard InChI is InChI=1S/C19H4F12O8/c20-8-3(9(21)10(22)6(16(38)39)5(8)15(36)37)1-2(13(32)33)4(14(34)35)11(23)12(24)7(1)17(25,18(26,27)28)19(29,30)31/h(H,32,33)(H,34,35)(H,36,37)(H,38,39). The zero-order chi connectivity index (χ0) is 30.7. The lowest BCUT2D eigenvalue weighted by molar-refractivity contribution is -0.349. The van der Waals surface area contributed by atoms with Gasteiger partial charge in [-0.05, 0) is 0 Å². The van der Waals surface area contributed by atoms with Crippen molar-refractivity contribution in [3.63, 3.8) is 0 Å². The summed E-state index contributed by atoms with van der Waals surface area (Å²) >= 11 is 0. The van der Waals surface area contributed by atoms with Crippen LogP contribution in [-0.4, -0.2) is 56.7 Å². The van der Waals surface area contributed by atoms with E-state index in [2.05, 4.69) is 0 Å². The van der Waals surface area contributed by atoms with E-state index in [0.717, 1.165) is 0 Å². The molecule has 0 bridgehead atoms. The van der Waals surface area contributed by atoms with E-state index >= 15 is 4.39 Å². The Balaban J connectivity index is 3.64. The number of hydrogen-bond donors (Lipinski definition) is 4. The van der Waals surface area contributed by atoms with Gasteiger partial charge in [0, 0.05) is 5.56 Å². The Hall–Kier alpha value is -4.52. The van der Waals surface area contributed by atoms with E-state index in [0.29, 0.717) is 0 Å². The van der Waals surface area contributed by atoms with Crippen LogP contribution in [-0.2, 0) is 5.67 Å². The number of carboxylic acid groups (broad SMARTS) is 4. The molecular weight excluding hydrogens is 584 g/mol. The Morgan fingerprint density at radius 2 is 0.744 bits per heavy atom. The van der Waals surface area contributed by atoms with Crippen molar-refractivity contribution in [2.75, 3.05) is 0 Å². The molecule has 20 heteroatoms. The number of hydrogen-bond acceptors (Lipinski definition) is 4. The average molecular weight is 588 g/mol. The summed E-state index contributed by atoms with van der Waals surface area (Å²) < 4.78 is 170. The summed E-state index contributed by atoms with van der Waals surface area (Å²) in [7, 11) is 0. The molecule has 0 unspecified atom stereocenters. The van der Waals surface area contributed by atoms with Gasteiger partial charge in [-0.15, -0.1) is 0 Å². The smallest absolute Gasteiger partial charge is 0.436 e. The first-order valence-electron chi connectivity index (χ1n) is 8.98. The lowest BCUT2D eigenvalue weighted by Crippen LogP contribution is -2.51. The molecule has 2 aromatic rings. The van der Waals surface area contributed by atoms with Gasteiger partial charge in [0.2, 0.25) is 0 Å². The Labute approximate surface area is 203 Å². The highest BCUT2D eigenvalue weighted by Crippen LogP contribution is 2.57. The van der Waals surface area contributed by atoms with Crippen LogP contribution in [0.5, 0.6) is 0 Å². The quantitative estimate of drug-likeness (QED) is 0.268. The normalized spacial score (nSPS) is 12.4. The zero-order valence-corrected chi connectivity index (χ0v) is 17.5. The van der Waals surface area contributed by atoms with E-state index in [9.17, 15) is 72.6 Å². The van der Waals surface area contributed by atoms with Crippen LogP contribution in [0.25, 0.3) is 11.1 Å². The predicted molar refractivity (Wildman–Crippen MR) is 94.4 cm³/mol. The number of carboxylic acids is 4. The molecule has 0 heterocycles. The number of rotatable bonds is 6. The zero-order valence-electron chi connectivity index (χ0n) is 17.5. The van der Waals surface area contributed by atoms with Crippen LogP contribution in [0.4, 0.5) is 52.7 Å². The molecule has 4 N–H and O–H groups in total. The molecular formula is C19H4F12O8. The molecule has 0 aliphatic heterocycles. The predicted octanol–water partition coefficient (Wildman–Crippen LogP) is 5.13. The second-order valence-corrected chi connectivity index (χ2v) is 7.07. The second-order valence-electron chi connectivity index (χ2n) is 7.07. The van der Waals surface area contributed by atoms with Crippen molar-refractivity contribution in [1.82, 2.24) is 0 Å². The van der Waals surface area contributed by atoms with Crippen molar-refractivity contribution < 1.29 is 92.3 Å². The van der Waals surface area contributed by atoms with Gasteiger partial charge < -0.3 is 20.4 Å². The second kappa shape index (κ2) is 9.34. The highest BCUT2D eigenvalue weighted by molar-refractivity contribution is 6.09. The lowest BCUT2D eigenvalue weighted by atomic mass is 9.80. The fraction of sp³-hybridized carbons (Fsp3) is 0.158. The highest BCUT2D eigenvalue weighted by Gasteiger charge is 2.75. The minimum absolute atomic E-state index is 2.50. The molecule has 0 radical (unpaired) electrons. The molecule has 0 spiro atoms. The molecule has 2 aromatic carbocycles. The van der Waals surface area contributed by atoms with E-state index < -0.39 is 110 Å². The summed E-state index contributed by atoms with van der Waals surface area (Å²) in [6, 6.07) is 0. The SMILES string of the molecule is O=C(O)c1c(F)c(F)c(-c2c(C(=O)O)c(C(=O)O)c(F)c(F)c2C(F)(C(F)(F)F)C(F)(F)F)c(F)c1C(=O)O. The van der Waals surface area contributed by atoms with Gasteiger partial charge in [-0.1, -0.05) is 0 Å². The van der Waals surface area contributed by atoms with Crippen molar-refractivity contribution in [1.29, 1.82) is 0 Å². The molecule has 8 nitrogen and oxygen atoms in total. The van der Waals surface area contributed by atoms with Crippen LogP contribution in [0.15, 0.2) is 0 Å². The summed E-state index contributed by atoms with van der Waals surface area (Å²) in [6.45, 7) is 0. The Kier molecular flexibility index (Phi) is 7.36. The number of aromatic carboxylic acids is 4. The van der Waals surface area contributed by atoms with E-state index in [1.807, 2.05) is 0 Å². The minimum Gasteiger partial charge on any atom is -0.478 e. The fourth-order valence-corrected chi connectivity index (χ4v) is 3.40. The van der Waals surface area contributed by atoms with Crippen molar-refractivity contribution in [2.45, 2.75) is 18.0 Å². The summed E-state index contributed by atoms with van der Waals surface area (Å²) in [6.07, 6.45) is -15.0. The van der Waals surface area contributed by atoms with Gasteiger partial charge in [0.15, 0.2) is 23.3 Å². The van der Waals surface area contributed by atoms with Crippen molar-refractivity contribution >= 4 is 23.9 Å². The molecule has 212 valence electrons. The first kappa shape index (κ1) is 30.7. The van der Waals surface area contributed by atoms with E-state index in [1.165, 1.54) is 0 Å². The third-order valence-electron chi connectivity index (χ3n) is 4.93. The Morgan fingerprint density at radius 3 is 1.08 bits per heavy atom. The first-order chi connectivity index (χ1) is 17.5. The van der Waals surface area contributed by atoms with Crippen LogP contribution in [0.1, 0.15) is 47.0 Å². The fourth-order valence-electron chi connectivity index (χ4n) is 3.40. The topological polar surface area (TPSA) is 149 Å². The summed E-state index contributed by atoms with van der Waals surface area (Å²) in [5.74, 6) is -29.1. The van der Waals surface area contributed by atoms with E-state index in [-0.39, 0.29) is 0 Å².